The monoisotopic (exact) mass is 459 g/mol. The minimum absolute atomic E-state index is 0.134. The van der Waals surface area contributed by atoms with Crippen LogP contribution in [0.2, 0.25) is 0 Å². The molecular weight excluding hydrogens is 438 g/mol. The van der Waals surface area contributed by atoms with E-state index in [1.807, 2.05) is 12.1 Å². The Morgan fingerprint density at radius 1 is 1.03 bits per heavy atom. The molecule has 0 spiro atoms. The number of anilines is 2. The van der Waals surface area contributed by atoms with Crippen LogP contribution in [0.3, 0.4) is 0 Å². The van der Waals surface area contributed by atoms with Crippen molar-refractivity contribution in [3.8, 4) is 11.4 Å². The van der Waals surface area contributed by atoms with Gasteiger partial charge in [-0.05, 0) is 54.6 Å². The zero-order valence-corrected chi connectivity index (χ0v) is 18.0. The number of aromatic nitrogens is 2. The fourth-order valence-corrected chi connectivity index (χ4v) is 3.90. The lowest BCUT2D eigenvalue weighted by Crippen LogP contribution is -2.36. The molecule has 5 rings (SSSR count). The third-order valence-corrected chi connectivity index (χ3v) is 5.73. The minimum Gasteiger partial charge on any atom is -0.426 e. The average molecular weight is 459 g/mol. The number of hydrogen-bond donors (Lipinski definition) is 2. The number of nitro benzene ring substituents is 1. The van der Waals surface area contributed by atoms with Crippen molar-refractivity contribution in [1.29, 1.82) is 0 Å². The molecular formula is C24H21N5O5. The zero-order valence-electron chi connectivity index (χ0n) is 18.0. The molecule has 0 radical (unpaired) electrons. The first-order chi connectivity index (χ1) is 16.5. The maximum atomic E-state index is 12.7. The highest BCUT2D eigenvalue weighted by atomic mass is 16.6. The number of nitrogens with one attached hydrogen (secondary N) is 1. The fraction of sp³-hybridized carbons (Fsp3) is 0.167. The van der Waals surface area contributed by atoms with Crippen LogP contribution in [0.5, 0.6) is 0 Å². The minimum atomic E-state index is -0.528. The van der Waals surface area contributed by atoms with Gasteiger partial charge in [-0.15, -0.1) is 0 Å². The Bertz CT molecular complexity index is 1360. The Labute approximate surface area is 194 Å². The number of nitro groups is 1. The number of benzene rings is 3. The van der Waals surface area contributed by atoms with E-state index >= 15 is 0 Å². The summed E-state index contributed by atoms with van der Waals surface area (Å²) in [5.41, 5.74) is 3.31. The van der Waals surface area contributed by atoms with Gasteiger partial charge >= 0.3 is 0 Å². The maximum Gasteiger partial charge on any atom is 0.271 e. The van der Waals surface area contributed by atoms with Gasteiger partial charge in [0.05, 0.1) is 23.7 Å². The molecule has 1 aliphatic rings. The summed E-state index contributed by atoms with van der Waals surface area (Å²) in [6, 6.07) is 18.4. The summed E-state index contributed by atoms with van der Waals surface area (Å²) in [6.07, 6.45) is 0. The van der Waals surface area contributed by atoms with Gasteiger partial charge in [-0.25, -0.2) is 4.98 Å². The van der Waals surface area contributed by atoms with Crippen molar-refractivity contribution in [3.05, 3.63) is 82.4 Å². The molecule has 1 fully saturated rings. The third-order valence-electron chi connectivity index (χ3n) is 5.73. The highest BCUT2D eigenvalue weighted by molar-refractivity contribution is 6.04. The largest absolute Gasteiger partial charge is 0.426 e. The summed E-state index contributed by atoms with van der Waals surface area (Å²) in [5, 5.41) is 24.3. The molecule has 34 heavy (non-hydrogen) atoms. The van der Waals surface area contributed by atoms with Crippen molar-refractivity contribution >= 4 is 34.0 Å². The van der Waals surface area contributed by atoms with E-state index in [1.54, 1.807) is 36.4 Å². The summed E-state index contributed by atoms with van der Waals surface area (Å²) in [7, 11) is 0. The normalized spacial score (nSPS) is 13.7. The number of ether oxygens (including phenoxy) is 1. The molecule has 10 heteroatoms. The Morgan fingerprint density at radius 2 is 1.74 bits per heavy atom. The first kappa shape index (κ1) is 21.4. The lowest BCUT2D eigenvalue weighted by molar-refractivity contribution is -0.384. The van der Waals surface area contributed by atoms with E-state index in [2.05, 4.69) is 15.2 Å². The smallest absolute Gasteiger partial charge is 0.271 e. The molecule has 172 valence electrons. The van der Waals surface area contributed by atoms with Gasteiger partial charge < -0.3 is 20.2 Å². The van der Waals surface area contributed by atoms with Crippen LogP contribution < -0.4 is 10.2 Å². The highest BCUT2D eigenvalue weighted by Gasteiger charge is 2.16. The van der Waals surface area contributed by atoms with Crippen molar-refractivity contribution in [2.75, 3.05) is 36.5 Å². The molecule has 1 amide bonds. The summed E-state index contributed by atoms with van der Waals surface area (Å²) in [6.45, 7) is 3.06. The second-order valence-corrected chi connectivity index (χ2v) is 7.86. The number of hydrogen-bond acceptors (Lipinski definition) is 7. The quantitative estimate of drug-likeness (QED) is 0.263. The number of amides is 1. The SMILES string of the molecule is O=C(Nc1ccc(-c2nc3ccc([N+](=O)[O-])cc3n2O)cc1)c1ccc(N2CCOCC2)cc1. The molecule has 1 aromatic heterocycles. The van der Waals surface area contributed by atoms with Gasteiger partial charge in [0, 0.05) is 47.7 Å². The van der Waals surface area contributed by atoms with Crippen molar-refractivity contribution < 1.29 is 19.7 Å². The predicted octanol–water partition coefficient (Wildman–Crippen LogP) is 3.94. The summed E-state index contributed by atoms with van der Waals surface area (Å²) >= 11 is 0. The van der Waals surface area contributed by atoms with Gasteiger partial charge in [0.25, 0.3) is 11.6 Å². The zero-order chi connectivity index (χ0) is 23.7. The standard InChI is InChI=1S/C24H21N5O5/c30-24(17-3-7-19(8-4-17)27-11-13-34-14-12-27)25-18-5-1-16(2-6-18)23-26-21-10-9-20(29(32)33)15-22(21)28(23)31/h1-10,15,31H,11-14H2,(H,25,30). The van der Waals surface area contributed by atoms with Gasteiger partial charge in [-0.1, -0.05) is 0 Å². The lowest BCUT2D eigenvalue weighted by Gasteiger charge is -2.28. The molecule has 0 saturated carbocycles. The van der Waals surface area contributed by atoms with Crippen LogP contribution in [-0.4, -0.2) is 52.1 Å². The number of carbonyl (C=O) groups is 1. The van der Waals surface area contributed by atoms with E-state index in [1.165, 1.54) is 18.2 Å². The number of carbonyl (C=O) groups excluding carboxylic acids is 1. The van der Waals surface area contributed by atoms with Crippen LogP contribution >= 0.6 is 0 Å². The van der Waals surface area contributed by atoms with Crippen molar-refractivity contribution in [2.45, 2.75) is 0 Å². The first-order valence-electron chi connectivity index (χ1n) is 10.7. The Balaban J connectivity index is 1.30. The topological polar surface area (TPSA) is 123 Å². The number of rotatable bonds is 5. The van der Waals surface area contributed by atoms with Gasteiger partial charge in [0.15, 0.2) is 5.82 Å². The molecule has 10 nitrogen and oxygen atoms in total. The predicted molar refractivity (Wildman–Crippen MR) is 126 cm³/mol. The van der Waals surface area contributed by atoms with E-state index in [-0.39, 0.29) is 22.9 Å². The number of imidazole rings is 1. The number of fused-ring (bicyclic) bond motifs is 1. The van der Waals surface area contributed by atoms with Crippen LogP contribution in [-0.2, 0) is 4.74 Å². The Kier molecular flexibility index (Phi) is 5.56. The molecule has 0 atom stereocenters. The van der Waals surface area contributed by atoms with Crippen LogP contribution in [0, 0.1) is 10.1 Å². The Hall–Kier alpha value is -4.44. The number of nitrogens with zero attached hydrogens (tertiary/aromatic N) is 4. The van der Waals surface area contributed by atoms with Gasteiger partial charge in [-0.2, -0.15) is 4.73 Å². The summed E-state index contributed by atoms with van der Waals surface area (Å²) < 4.78 is 6.20. The van der Waals surface area contributed by atoms with Crippen LogP contribution in [0.15, 0.2) is 66.7 Å². The average Bonchev–Trinajstić information content (AvgIpc) is 3.21. The highest BCUT2D eigenvalue weighted by Crippen LogP contribution is 2.27. The number of non-ortho nitro benzene ring substituents is 1. The van der Waals surface area contributed by atoms with Crippen LogP contribution in [0.1, 0.15) is 10.4 Å². The van der Waals surface area contributed by atoms with Crippen LogP contribution in [0.4, 0.5) is 17.1 Å². The second kappa shape index (κ2) is 8.83. The summed E-state index contributed by atoms with van der Waals surface area (Å²) in [5.74, 6) is 0.00931. The van der Waals surface area contributed by atoms with Gasteiger partial charge in [0.2, 0.25) is 0 Å². The molecule has 0 aliphatic carbocycles. The molecule has 4 aromatic rings. The van der Waals surface area contributed by atoms with E-state index in [0.717, 1.165) is 23.5 Å². The lowest BCUT2D eigenvalue weighted by atomic mass is 10.1. The molecule has 0 bridgehead atoms. The van der Waals surface area contributed by atoms with Crippen molar-refractivity contribution in [2.24, 2.45) is 0 Å². The maximum absolute atomic E-state index is 12.7. The fourth-order valence-electron chi connectivity index (χ4n) is 3.90. The van der Waals surface area contributed by atoms with Crippen molar-refractivity contribution in [3.63, 3.8) is 0 Å². The van der Waals surface area contributed by atoms with Crippen molar-refractivity contribution in [1.82, 2.24) is 9.71 Å². The molecule has 0 unspecified atom stereocenters. The molecule has 2 heterocycles. The second-order valence-electron chi connectivity index (χ2n) is 7.86. The molecule has 2 N–H and O–H groups in total. The van der Waals surface area contributed by atoms with E-state index < -0.39 is 4.92 Å². The summed E-state index contributed by atoms with van der Waals surface area (Å²) in [4.78, 5) is 29.7. The van der Waals surface area contributed by atoms with E-state index in [4.69, 9.17) is 4.74 Å². The Morgan fingerprint density at radius 3 is 2.41 bits per heavy atom. The third kappa shape index (κ3) is 4.14. The molecule has 1 saturated heterocycles. The van der Waals surface area contributed by atoms with Crippen LogP contribution in [0.25, 0.3) is 22.4 Å². The van der Waals surface area contributed by atoms with Gasteiger partial charge in [-0.3, -0.25) is 14.9 Å². The van der Waals surface area contributed by atoms with Gasteiger partial charge in [0.1, 0.15) is 5.52 Å². The first-order valence-corrected chi connectivity index (χ1v) is 10.7. The van der Waals surface area contributed by atoms with E-state index in [0.29, 0.717) is 35.5 Å². The van der Waals surface area contributed by atoms with E-state index in [9.17, 15) is 20.1 Å². The number of morpholine rings is 1. The molecule has 1 aliphatic heterocycles. The molecule has 3 aromatic carbocycles.